The number of nitro groups is 1. The lowest BCUT2D eigenvalue weighted by Gasteiger charge is -2.37. The summed E-state index contributed by atoms with van der Waals surface area (Å²) in [4.78, 5) is 45.5. The molecule has 3 aromatic rings. The molecule has 3 aliphatic rings. The van der Waals surface area contributed by atoms with Crippen molar-refractivity contribution in [3.05, 3.63) is 93.8 Å². The zero-order valence-electron chi connectivity index (χ0n) is 19.6. The summed E-state index contributed by atoms with van der Waals surface area (Å²) in [6.07, 6.45) is 4.84. The molecule has 0 bridgehead atoms. The minimum atomic E-state index is -1.23. The highest BCUT2D eigenvalue weighted by Gasteiger charge is 2.69. The highest BCUT2D eigenvalue weighted by Crippen LogP contribution is 2.61. The standard InChI is InChI=1S/C27H24N4O5/c1-36-19-10-11-21-20(14-19)27(26(33)29-21)24(25(32)17-4-2-12-28-15-17)23(22-5-3-13-30(22)27)16-6-8-18(9-7-16)31(34)35/h2,4,6-12,14-15,22-24H,3,5,13H2,1H3,(H,29,33)/t22?,23?,24?,27-/m1/s1. The van der Waals surface area contributed by atoms with Gasteiger partial charge < -0.3 is 10.1 Å². The van der Waals surface area contributed by atoms with E-state index in [0.717, 1.165) is 24.0 Å². The van der Waals surface area contributed by atoms with Crippen LogP contribution in [0.2, 0.25) is 0 Å². The molecule has 0 aliphatic carbocycles. The van der Waals surface area contributed by atoms with Crippen LogP contribution in [0.15, 0.2) is 67.0 Å². The van der Waals surface area contributed by atoms with Gasteiger partial charge in [0.1, 0.15) is 11.3 Å². The van der Waals surface area contributed by atoms with Crippen LogP contribution in [0, 0.1) is 16.0 Å². The van der Waals surface area contributed by atoms with Crippen molar-refractivity contribution in [2.24, 2.45) is 5.92 Å². The SMILES string of the molecule is COc1ccc2c(c1)[C@]1(C(=O)N2)C(C(=O)c2cccnc2)C(c2ccc([N+](=O)[O-])cc2)C2CCCN21. The number of nitrogens with zero attached hydrogens (tertiary/aromatic N) is 3. The van der Waals surface area contributed by atoms with E-state index in [1.54, 1.807) is 43.6 Å². The Bertz CT molecular complexity index is 1380. The van der Waals surface area contributed by atoms with Crippen molar-refractivity contribution in [1.82, 2.24) is 9.88 Å². The maximum absolute atomic E-state index is 14.3. The minimum absolute atomic E-state index is 0.0152. The van der Waals surface area contributed by atoms with E-state index in [1.165, 1.54) is 18.3 Å². The van der Waals surface area contributed by atoms with Crippen molar-refractivity contribution in [2.75, 3.05) is 19.0 Å². The molecule has 4 atom stereocenters. The second kappa shape index (κ2) is 8.23. The molecular formula is C27H24N4O5. The second-order valence-electron chi connectivity index (χ2n) is 9.49. The van der Waals surface area contributed by atoms with Gasteiger partial charge in [-0.1, -0.05) is 12.1 Å². The Morgan fingerprint density at radius 1 is 1.22 bits per heavy atom. The number of carbonyl (C=O) groups excluding carboxylic acids is 2. The van der Waals surface area contributed by atoms with E-state index in [0.29, 0.717) is 23.5 Å². The van der Waals surface area contributed by atoms with Crippen molar-refractivity contribution in [1.29, 1.82) is 0 Å². The molecule has 1 amide bonds. The number of ketones is 1. The molecule has 3 aliphatic heterocycles. The number of amides is 1. The number of Topliss-reactive ketones (excluding diaryl/α,β-unsaturated/α-hetero) is 1. The molecule has 6 rings (SSSR count). The van der Waals surface area contributed by atoms with E-state index >= 15 is 0 Å². The van der Waals surface area contributed by atoms with Gasteiger partial charge in [-0.25, -0.2) is 0 Å². The molecule has 0 saturated carbocycles. The van der Waals surface area contributed by atoms with Crippen LogP contribution in [0.4, 0.5) is 11.4 Å². The first-order valence-corrected chi connectivity index (χ1v) is 11.9. The lowest BCUT2D eigenvalue weighted by Crippen LogP contribution is -2.52. The van der Waals surface area contributed by atoms with Gasteiger partial charge in [-0.05, 0) is 55.3 Å². The lowest BCUT2D eigenvalue weighted by atomic mass is 9.69. The van der Waals surface area contributed by atoms with Crippen molar-refractivity contribution < 1.29 is 19.2 Å². The number of non-ortho nitro benzene ring substituents is 1. The predicted molar refractivity (Wildman–Crippen MR) is 131 cm³/mol. The Morgan fingerprint density at radius 3 is 2.72 bits per heavy atom. The summed E-state index contributed by atoms with van der Waals surface area (Å²) in [5.74, 6) is -0.909. The fourth-order valence-electron chi connectivity index (χ4n) is 6.55. The summed E-state index contributed by atoms with van der Waals surface area (Å²) >= 11 is 0. The van der Waals surface area contributed by atoms with Crippen LogP contribution < -0.4 is 10.1 Å². The number of carbonyl (C=O) groups is 2. The maximum Gasteiger partial charge on any atom is 0.269 e. The summed E-state index contributed by atoms with van der Waals surface area (Å²) in [6.45, 7) is 0.662. The molecule has 9 nitrogen and oxygen atoms in total. The van der Waals surface area contributed by atoms with E-state index in [-0.39, 0.29) is 29.3 Å². The molecular weight excluding hydrogens is 460 g/mol. The van der Waals surface area contributed by atoms with Crippen molar-refractivity contribution in [3.8, 4) is 5.75 Å². The van der Waals surface area contributed by atoms with Crippen LogP contribution in [0.25, 0.3) is 0 Å². The number of anilines is 1. The second-order valence-corrected chi connectivity index (χ2v) is 9.49. The van der Waals surface area contributed by atoms with Crippen LogP contribution in [-0.2, 0) is 10.3 Å². The number of nitro benzene ring substituents is 1. The maximum atomic E-state index is 14.3. The monoisotopic (exact) mass is 484 g/mol. The number of benzene rings is 2. The summed E-state index contributed by atoms with van der Waals surface area (Å²) in [5.41, 5.74) is 1.38. The number of hydrogen-bond donors (Lipinski definition) is 1. The summed E-state index contributed by atoms with van der Waals surface area (Å²) in [7, 11) is 1.57. The van der Waals surface area contributed by atoms with E-state index in [2.05, 4.69) is 15.2 Å². The summed E-state index contributed by atoms with van der Waals surface area (Å²) in [5, 5.41) is 14.3. The van der Waals surface area contributed by atoms with Crippen molar-refractivity contribution >= 4 is 23.1 Å². The molecule has 4 heterocycles. The zero-order valence-corrected chi connectivity index (χ0v) is 19.6. The largest absolute Gasteiger partial charge is 0.497 e. The number of rotatable bonds is 5. The topological polar surface area (TPSA) is 115 Å². The van der Waals surface area contributed by atoms with Crippen LogP contribution in [0.3, 0.4) is 0 Å². The minimum Gasteiger partial charge on any atom is -0.497 e. The highest BCUT2D eigenvalue weighted by atomic mass is 16.6. The van der Waals surface area contributed by atoms with Crippen molar-refractivity contribution in [2.45, 2.75) is 30.3 Å². The molecule has 2 saturated heterocycles. The Balaban J connectivity index is 1.60. The first-order chi connectivity index (χ1) is 17.5. The van der Waals surface area contributed by atoms with Crippen LogP contribution in [0.5, 0.6) is 5.75 Å². The molecule has 1 N–H and O–H groups in total. The number of hydrogen-bond acceptors (Lipinski definition) is 7. The molecule has 1 aromatic heterocycles. The van der Waals surface area contributed by atoms with Gasteiger partial charge >= 0.3 is 0 Å². The molecule has 9 heteroatoms. The molecule has 0 radical (unpaired) electrons. The molecule has 1 spiro atoms. The summed E-state index contributed by atoms with van der Waals surface area (Å²) in [6, 6.07) is 15.2. The number of nitrogens with one attached hydrogen (secondary N) is 1. The quantitative estimate of drug-likeness (QED) is 0.332. The number of ether oxygens (including phenoxy) is 1. The number of aromatic nitrogens is 1. The van der Waals surface area contributed by atoms with Gasteiger partial charge in [0.2, 0.25) is 5.91 Å². The fourth-order valence-corrected chi connectivity index (χ4v) is 6.55. The Hall–Kier alpha value is -4.11. The average molecular weight is 485 g/mol. The van der Waals surface area contributed by atoms with Gasteiger partial charge in [-0.2, -0.15) is 0 Å². The van der Waals surface area contributed by atoms with E-state index in [4.69, 9.17) is 4.74 Å². The van der Waals surface area contributed by atoms with Crippen molar-refractivity contribution in [3.63, 3.8) is 0 Å². The highest BCUT2D eigenvalue weighted by molar-refractivity contribution is 6.12. The number of fused-ring (bicyclic) bond motifs is 4. The lowest BCUT2D eigenvalue weighted by molar-refractivity contribution is -0.384. The van der Waals surface area contributed by atoms with Crippen LogP contribution in [0.1, 0.15) is 40.2 Å². The van der Waals surface area contributed by atoms with Gasteiger partial charge in [0.15, 0.2) is 5.78 Å². The Kier molecular flexibility index (Phi) is 5.11. The average Bonchev–Trinajstić information content (AvgIpc) is 3.57. The van der Waals surface area contributed by atoms with Gasteiger partial charge in [-0.15, -0.1) is 0 Å². The van der Waals surface area contributed by atoms with Gasteiger partial charge in [-0.3, -0.25) is 29.6 Å². The third-order valence-corrected chi connectivity index (χ3v) is 7.93. The normalized spacial score (nSPS) is 26.5. The van der Waals surface area contributed by atoms with E-state index in [9.17, 15) is 19.7 Å². The molecule has 2 aromatic carbocycles. The first-order valence-electron chi connectivity index (χ1n) is 11.9. The fraction of sp³-hybridized carbons (Fsp3) is 0.296. The first kappa shape index (κ1) is 22.4. The van der Waals surface area contributed by atoms with Gasteiger partial charge in [0.05, 0.1) is 18.0 Å². The smallest absolute Gasteiger partial charge is 0.269 e. The molecule has 2 fully saturated rings. The van der Waals surface area contributed by atoms with Gasteiger partial charge in [0, 0.05) is 53.3 Å². The van der Waals surface area contributed by atoms with Gasteiger partial charge in [0.25, 0.3) is 5.69 Å². The summed E-state index contributed by atoms with van der Waals surface area (Å²) < 4.78 is 5.50. The third kappa shape index (κ3) is 3.02. The predicted octanol–water partition coefficient (Wildman–Crippen LogP) is 3.91. The number of pyridine rings is 1. The molecule has 182 valence electrons. The third-order valence-electron chi connectivity index (χ3n) is 7.93. The number of methoxy groups -OCH3 is 1. The van der Waals surface area contributed by atoms with E-state index in [1.807, 2.05) is 12.1 Å². The zero-order chi connectivity index (χ0) is 25.0. The van der Waals surface area contributed by atoms with Crippen LogP contribution in [-0.4, -0.2) is 46.2 Å². The molecule has 3 unspecified atom stereocenters. The van der Waals surface area contributed by atoms with Crippen LogP contribution >= 0.6 is 0 Å². The molecule has 36 heavy (non-hydrogen) atoms. The van der Waals surface area contributed by atoms with E-state index < -0.39 is 16.4 Å². The Morgan fingerprint density at radius 2 is 2.03 bits per heavy atom. The Labute approximate surface area is 207 Å².